The smallest absolute Gasteiger partial charge is 0.284 e. The Morgan fingerprint density at radius 1 is 1.00 bits per heavy atom. The highest BCUT2D eigenvalue weighted by atomic mass is 35.5. The third kappa shape index (κ3) is 7.87. The van der Waals surface area contributed by atoms with E-state index in [0.717, 1.165) is 30.4 Å². The maximum Gasteiger partial charge on any atom is 0.284 e. The molecule has 4 rings (SSSR count). The van der Waals surface area contributed by atoms with E-state index in [0.29, 0.717) is 23.0 Å². The van der Waals surface area contributed by atoms with Crippen molar-refractivity contribution in [2.75, 3.05) is 16.8 Å². The zero-order valence-corrected chi connectivity index (χ0v) is 24.3. The number of halogens is 1. The summed E-state index contributed by atoms with van der Waals surface area (Å²) in [5.41, 5.74) is 1.02. The summed E-state index contributed by atoms with van der Waals surface area (Å²) in [4.78, 5) is 27.4. The summed E-state index contributed by atoms with van der Waals surface area (Å²) in [7, 11) is -4.14. The molecular weight excluding hydrogens is 570 g/mol. The van der Waals surface area contributed by atoms with Gasteiger partial charge in [-0.2, -0.15) is 8.42 Å². The Labute approximate surface area is 243 Å². The molecule has 40 heavy (non-hydrogen) atoms. The molecule has 0 aromatic heterocycles. The number of amidine groups is 1. The summed E-state index contributed by atoms with van der Waals surface area (Å²) in [6, 6.07) is 21.3. The van der Waals surface area contributed by atoms with Gasteiger partial charge in [0.15, 0.2) is 5.17 Å². The van der Waals surface area contributed by atoms with Gasteiger partial charge in [-0.25, -0.2) is 0 Å². The summed E-state index contributed by atoms with van der Waals surface area (Å²) in [6.07, 6.45) is 4.31. The van der Waals surface area contributed by atoms with E-state index in [-0.39, 0.29) is 22.4 Å². The average Bonchev–Trinajstić information content (AvgIpc) is 3.23. The molecule has 1 fully saturated rings. The van der Waals surface area contributed by atoms with Crippen molar-refractivity contribution in [1.29, 1.82) is 0 Å². The summed E-state index contributed by atoms with van der Waals surface area (Å²) < 4.78 is 35.8. The second kappa shape index (κ2) is 13.8. The minimum atomic E-state index is -4.14. The monoisotopic (exact) mass is 599 g/mol. The molecule has 1 unspecified atom stereocenters. The maximum absolute atomic E-state index is 13.4. The Morgan fingerprint density at radius 3 is 2.38 bits per heavy atom. The Hall–Kier alpha value is -3.34. The minimum Gasteiger partial charge on any atom is -0.494 e. The van der Waals surface area contributed by atoms with Crippen molar-refractivity contribution in [2.45, 2.75) is 49.2 Å². The van der Waals surface area contributed by atoms with Gasteiger partial charge in [-0.1, -0.05) is 67.7 Å². The number of benzene rings is 3. The fourth-order valence-corrected chi connectivity index (χ4v) is 6.43. The number of carbonyl (C=O) groups is 2. The number of hydrogen-bond donors (Lipinski definition) is 1. The lowest BCUT2D eigenvalue weighted by molar-refractivity contribution is -0.121. The normalized spacial score (nSPS) is 16.4. The Kier molecular flexibility index (Phi) is 10.2. The lowest BCUT2D eigenvalue weighted by Crippen LogP contribution is -2.33. The summed E-state index contributed by atoms with van der Waals surface area (Å²) in [5, 5.41) is 2.31. The molecule has 8 nitrogen and oxygen atoms in total. The first kappa shape index (κ1) is 29.6. The van der Waals surface area contributed by atoms with Crippen LogP contribution in [0, 0.1) is 0 Å². The molecule has 11 heteroatoms. The number of para-hydroxylation sites is 1. The van der Waals surface area contributed by atoms with Crippen molar-refractivity contribution in [1.82, 2.24) is 0 Å². The fraction of sp³-hybridized carbons (Fsp3) is 0.276. The number of carbonyl (C=O) groups excluding carboxylic acids is 2. The number of sulfonamides is 1. The molecular formula is C29H30ClN3O5S2. The summed E-state index contributed by atoms with van der Waals surface area (Å²) >= 11 is 6.83. The van der Waals surface area contributed by atoms with Crippen molar-refractivity contribution in [3.63, 3.8) is 0 Å². The van der Waals surface area contributed by atoms with Gasteiger partial charge >= 0.3 is 0 Å². The van der Waals surface area contributed by atoms with Gasteiger partial charge in [0, 0.05) is 17.1 Å². The number of nitrogens with zero attached hydrogens (tertiary/aromatic N) is 2. The van der Waals surface area contributed by atoms with E-state index in [4.69, 9.17) is 16.3 Å². The number of ether oxygens (including phenoxy) is 1. The molecule has 1 heterocycles. The third-order valence-corrected chi connectivity index (χ3v) is 8.82. The first-order valence-electron chi connectivity index (χ1n) is 13.0. The van der Waals surface area contributed by atoms with Crippen LogP contribution in [0.2, 0.25) is 5.02 Å². The molecule has 2 amide bonds. The summed E-state index contributed by atoms with van der Waals surface area (Å²) in [6.45, 7) is 2.80. The van der Waals surface area contributed by atoms with E-state index in [1.54, 1.807) is 54.6 Å². The number of hydrogen-bond acceptors (Lipinski definition) is 6. The van der Waals surface area contributed by atoms with Gasteiger partial charge in [-0.15, -0.1) is 4.40 Å². The topological polar surface area (TPSA) is 105 Å². The highest BCUT2D eigenvalue weighted by Gasteiger charge is 2.41. The van der Waals surface area contributed by atoms with Crippen LogP contribution in [0.3, 0.4) is 0 Å². The number of unbranched alkanes of at least 4 members (excludes halogenated alkanes) is 3. The van der Waals surface area contributed by atoms with Crippen LogP contribution in [0.25, 0.3) is 0 Å². The van der Waals surface area contributed by atoms with Crippen molar-refractivity contribution in [3.05, 3.63) is 83.9 Å². The summed E-state index contributed by atoms with van der Waals surface area (Å²) in [5.74, 6) is -0.0885. The van der Waals surface area contributed by atoms with E-state index >= 15 is 0 Å². The predicted octanol–water partition coefficient (Wildman–Crippen LogP) is 6.52. The lowest BCUT2D eigenvalue weighted by Gasteiger charge is -2.16. The van der Waals surface area contributed by atoms with Crippen molar-refractivity contribution in [3.8, 4) is 5.75 Å². The molecule has 210 valence electrons. The predicted molar refractivity (Wildman–Crippen MR) is 161 cm³/mol. The molecule has 1 saturated heterocycles. The lowest BCUT2D eigenvalue weighted by atomic mass is 10.2. The van der Waals surface area contributed by atoms with E-state index in [1.165, 1.54) is 42.0 Å². The molecule has 0 spiro atoms. The van der Waals surface area contributed by atoms with E-state index in [2.05, 4.69) is 16.6 Å². The van der Waals surface area contributed by atoms with Crippen LogP contribution < -0.4 is 15.0 Å². The standard InChI is InChI=1S/C29H30ClN3O5S2/c1-2-3-4-8-19-38-24-15-13-22(14-16-24)31-27(34)20-26-28(35)33(23-9-6-5-7-10-23)29(39-26)32-40(36,37)25-17-11-21(30)12-18-25/h5-7,9-18,26H,2-4,8,19-20H2,1H3,(H,31,34). The highest BCUT2D eigenvalue weighted by Crippen LogP contribution is 2.35. The van der Waals surface area contributed by atoms with Crippen LogP contribution >= 0.6 is 23.4 Å². The van der Waals surface area contributed by atoms with Crippen LogP contribution in [0.5, 0.6) is 5.75 Å². The number of thioether (sulfide) groups is 1. The van der Waals surface area contributed by atoms with Crippen LogP contribution in [-0.4, -0.2) is 37.3 Å². The minimum absolute atomic E-state index is 0.0237. The molecule has 0 bridgehead atoms. The maximum atomic E-state index is 13.4. The van der Waals surface area contributed by atoms with Crippen LogP contribution in [0.15, 0.2) is 88.2 Å². The van der Waals surface area contributed by atoms with E-state index in [9.17, 15) is 18.0 Å². The first-order valence-corrected chi connectivity index (χ1v) is 15.7. The van der Waals surface area contributed by atoms with Crippen LogP contribution in [0.4, 0.5) is 11.4 Å². The van der Waals surface area contributed by atoms with Gasteiger partial charge in [0.2, 0.25) is 11.8 Å². The molecule has 1 aliphatic rings. The SMILES string of the molecule is CCCCCCOc1ccc(NC(=O)CC2SC(=NS(=O)(=O)c3ccc(Cl)cc3)N(c3ccccc3)C2=O)cc1. The zero-order valence-electron chi connectivity index (χ0n) is 22.0. The Morgan fingerprint density at radius 2 is 1.70 bits per heavy atom. The number of anilines is 2. The average molecular weight is 600 g/mol. The fourth-order valence-electron chi connectivity index (χ4n) is 3.97. The van der Waals surface area contributed by atoms with Crippen molar-refractivity contribution < 1.29 is 22.7 Å². The molecule has 0 radical (unpaired) electrons. The second-order valence-electron chi connectivity index (χ2n) is 9.10. The Balaban J connectivity index is 1.45. The van der Waals surface area contributed by atoms with Gasteiger partial charge in [0.1, 0.15) is 11.0 Å². The molecule has 1 atom stereocenters. The first-order chi connectivity index (χ1) is 19.3. The third-order valence-electron chi connectivity index (χ3n) is 6.03. The van der Waals surface area contributed by atoms with Crippen LogP contribution in [0.1, 0.15) is 39.0 Å². The van der Waals surface area contributed by atoms with E-state index in [1.807, 2.05) is 0 Å². The van der Waals surface area contributed by atoms with Crippen molar-refractivity contribution in [2.24, 2.45) is 4.40 Å². The van der Waals surface area contributed by atoms with Gasteiger partial charge in [-0.3, -0.25) is 14.5 Å². The van der Waals surface area contributed by atoms with Crippen LogP contribution in [-0.2, 0) is 19.6 Å². The van der Waals surface area contributed by atoms with E-state index < -0.39 is 21.2 Å². The van der Waals surface area contributed by atoms with Gasteiger partial charge in [0.05, 0.1) is 17.2 Å². The van der Waals surface area contributed by atoms with Gasteiger partial charge in [-0.05, 0) is 67.1 Å². The molecule has 3 aromatic rings. The second-order valence-corrected chi connectivity index (χ2v) is 12.3. The highest BCUT2D eigenvalue weighted by molar-refractivity contribution is 8.16. The quantitative estimate of drug-likeness (QED) is 0.238. The molecule has 3 aromatic carbocycles. The number of rotatable bonds is 12. The van der Waals surface area contributed by atoms with Gasteiger partial charge < -0.3 is 10.1 Å². The number of amides is 2. The molecule has 1 aliphatic heterocycles. The molecule has 0 saturated carbocycles. The molecule has 1 N–H and O–H groups in total. The molecule has 0 aliphatic carbocycles. The Bertz CT molecular complexity index is 1450. The van der Waals surface area contributed by atoms with Gasteiger partial charge in [0.25, 0.3) is 10.0 Å². The largest absolute Gasteiger partial charge is 0.494 e. The zero-order chi connectivity index (χ0) is 28.5. The van der Waals surface area contributed by atoms with Crippen molar-refractivity contribution >= 4 is 61.7 Å². The number of nitrogens with one attached hydrogen (secondary N) is 1.